The van der Waals surface area contributed by atoms with Gasteiger partial charge in [-0.05, 0) is 91.6 Å². The van der Waals surface area contributed by atoms with E-state index in [0.717, 1.165) is 0 Å². The molecule has 0 aromatic carbocycles. The molecule has 0 amide bonds. The minimum atomic E-state index is 1.19. The first-order valence-electron chi connectivity index (χ1n) is 5.21. The van der Waals surface area contributed by atoms with E-state index in [1.165, 1.54) is 44.4 Å². The normalized spacial score (nSPS) is 10.9. The lowest BCUT2D eigenvalue weighted by Crippen LogP contribution is -1.87. The predicted octanol–water partition coefficient (Wildman–Crippen LogP) is 5.90. The van der Waals surface area contributed by atoms with Crippen molar-refractivity contribution in [3.63, 3.8) is 0 Å². The lowest BCUT2D eigenvalue weighted by Gasteiger charge is -2.00. The van der Waals surface area contributed by atoms with Crippen molar-refractivity contribution in [3.05, 3.63) is 41.6 Å². The second-order valence-electron chi connectivity index (χ2n) is 3.65. The number of hydrogen-bond donors (Lipinski definition) is 0. The average Bonchev–Trinajstić information content (AvgIpc) is 2.84. The molecule has 2 aromatic rings. The highest BCUT2D eigenvalue weighted by Gasteiger charge is 2.03. The maximum Gasteiger partial charge on any atom is 0.0730 e. The first-order chi connectivity index (χ1) is 7.77. The zero-order chi connectivity index (χ0) is 11.4. The minimum absolute atomic E-state index is 1.19. The SMILES string of the molecule is Brc1sccc1CCCCc1ccsc1Br. The molecule has 0 saturated carbocycles. The number of halogens is 2. The molecule has 86 valence electrons. The van der Waals surface area contributed by atoms with Crippen LogP contribution in [0.3, 0.4) is 0 Å². The van der Waals surface area contributed by atoms with E-state index in [9.17, 15) is 0 Å². The van der Waals surface area contributed by atoms with E-state index in [0.29, 0.717) is 0 Å². The van der Waals surface area contributed by atoms with E-state index in [1.54, 1.807) is 22.7 Å². The van der Waals surface area contributed by atoms with Crippen LogP contribution in [0.15, 0.2) is 30.5 Å². The van der Waals surface area contributed by atoms with Gasteiger partial charge in [0, 0.05) is 0 Å². The Morgan fingerprint density at radius 2 is 1.25 bits per heavy atom. The van der Waals surface area contributed by atoms with Gasteiger partial charge in [-0.15, -0.1) is 22.7 Å². The van der Waals surface area contributed by atoms with Crippen LogP contribution in [0.1, 0.15) is 24.0 Å². The van der Waals surface area contributed by atoms with Gasteiger partial charge in [0.2, 0.25) is 0 Å². The Hall–Kier alpha value is 0.360. The molecule has 0 spiro atoms. The summed E-state index contributed by atoms with van der Waals surface area (Å²) in [6.45, 7) is 0. The fourth-order valence-electron chi connectivity index (χ4n) is 1.63. The Morgan fingerprint density at radius 1 is 0.812 bits per heavy atom. The summed E-state index contributed by atoms with van der Waals surface area (Å²) in [5, 5.41) is 4.30. The van der Waals surface area contributed by atoms with Crippen molar-refractivity contribution in [3.8, 4) is 0 Å². The van der Waals surface area contributed by atoms with Gasteiger partial charge in [0.15, 0.2) is 0 Å². The summed E-state index contributed by atoms with van der Waals surface area (Å²) in [6.07, 6.45) is 4.90. The summed E-state index contributed by atoms with van der Waals surface area (Å²) in [6, 6.07) is 4.44. The van der Waals surface area contributed by atoms with Gasteiger partial charge >= 0.3 is 0 Å². The standard InChI is InChI=1S/C12H12Br2S2/c13-11-9(5-7-15-11)3-1-2-4-10-6-8-16-12(10)14/h5-8H,1-4H2. The molecule has 0 bridgehead atoms. The monoisotopic (exact) mass is 378 g/mol. The molecule has 0 unspecified atom stereocenters. The second-order valence-corrected chi connectivity index (χ2v) is 8.11. The molecular weight excluding hydrogens is 368 g/mol. The molecule has 2 rings (SSSR count). The summed E-state index contributed by atoms with van der Waals surface area (Å²) in [4.78, 5) is 0. The summed E-state index contributed by atoms with van der Waals surface area (Å²) in [5.41, 5.74) is 2.91. The summed E-state index contributed by atoms with van der Waals surface area (Å²) < 4.78 is 2.59. The molecular formula is C12H12Br2S2. The minimum Gasteiger partial charge on any atom is -0.137 e. The number of thiophene rings is 2. The van der Waals surface area contributed by atoms with Crippen molar-refractivity contribution in [2.45, 2.75) is 25.7 Å². The number of aryl methyl sites for hydroxylation is 2. The molecule has 2 heterocycles. The van der Waals surface area contributed by atoms with Gasteiger partial charge < -0.3 is 0 Å². The largest absolute Gasteiger partial charge is 0.137 e. The van der Waals surface area contributed by atoms with Gasteiger partial charge in [-0.3, -0.25) is 0 Å². The zero-order valence-corrected chi connectivity index (χ0v) is 13.5. The fourth-order valence-corrected chi connectivity index (χ4v) is 4.28. The maximum absolute atomic E-state index is 3.58. The molecule has 0 nitrogen and oxygen atoms in total. The van der Waals surface area contributed by atoms with E-state index in [-0.39, 0.29) is 0 Å². The maximum atomic E-state index is 3.58. The van der Waals surface area contributed by atoms with Crippen molar-refractivity contribution in [1.82, 2.24) is 0 Å². The second kappa shape index (κ2) is 6.34. The van der Waals surface area contributed by atoms with Gasteiger partial charge in [-0.2, -0.15) is 0 Å². The van der Waals surface area contributed by atoms with Gasteiger partial charge in [0.1, 0.15) is 0 Å². The van der Waals surface area contributed by atoms with Crippen LogP contribution in [0.4, 0.5) is 0 Å². The van der Waals surface area contributed by atoms with Gasteiger partial charge in [-0.1, -0.05) is 0 Å². The van der Waals surface area contributed by atoms with Crippen LogP contribution >= 0.6 is 54.5 Å². The smallest absolute Gasteiger partial charge is 0.0730 e. The molecule has 0 saturated heterocycles. The Labute approximate surface area is 121 Å². The van der Waals surface area contributed by atoms with E-state index < -0.39 is 0 Å². The summed E-state index contributed by atoms with van der Waals surface area (Å²) in [5.74, 6) is 0. The van der Waals surface area contributed by atoms with Crippen LogP contribution < -0.4 is 0 Å². The van der Waals surface area contributed by atoms with Crippen molar-refractivity contribution in [1.29, 1.82) is 0 Å². The Bertz CT molecular complexity index is 403. The summed E-state index contributed by atoms with van der Waals surface area (Å²) >= 11 is 10.7. The fraction of sp³-hybridized carbons (Fsp3) is 0.333. The van der Waals surface area contributed by atoms with Crippen LogP contribution in [-0.2, 0) is 12.8 Å². The molecule has 4 heteroatoms. The first-order valence-corrected chi connectivity index (χ1v) is 8.55. The number of unbranched alkanes of at least 4 members (excludes halogenated alkanes) is 1. The van der Waals surface area contributed by atoms with Crippen molar-refractivity contribution in [2.75, 3.05) is 0 Å². The Kier molecular flexibility index (Phi) is 5.07. The highest BCUT2D eigenvalue weighted by Crippen LogP contribution is 2.27. The summed E-state index contributed by atoms with van der Waals surface area (Å²) in [7, 11) is 0. The highest BCUT2D eigenvalue weighted by molar-refractivity contribution is 9.11. The quantitative estimate of drug-likeness (QED) is 0.567. The lowest BCUT2D eigenvalue weighted by atomic mass is 10.1. The molecule has 0 fully saturated rings. The average molecular weight is 380 g/mol. The Morgan fingerprint density at radius 3 is 1.56 bits per heavy atom. The van der Waals surface area contributed by atoms with Crippen LogP contribution in [0, 0.1) is 0 Å². The highest BCUT2D eigenvalue weighted by atomic mass is 79.9. The van der Waals surface area contributed by atoms with E-state index in [2.05, 4.69) is 54.8 Å². The van der Waals surface area contributed by atoms with Gasteiger partial charge in [0.25, 0.3) is 0 Å². The van der Waals surface area contributed by atoms with Crippen LogP contribution in [0.5, 0.6) is 0 Å². The number of hydrogen-bond acceptors (Lipinski definition) is 2. The van der Waals surface area contributed by atoms with Crippen LogP contribution in [0.25, 0.3) is 0 Å². The molecule has 0 atom stereocenters. The molecule has 0 aliphatic rings. The van der Waals surface area contributed by atoms with Crippen molar-refractivity contribution in [2.24, 2.45) is 0 Å². The van der Waals surface area contributed by atoms with Crippen LogP contribution in [0.2, 0.25) is 0 Å². The van der Waals surface area contributed by atoms with Crippen molar-refractivity contribution < 1.29 is 0 Å². The van der Waals surface area contributed by atoms with Gasteiger partial charge in [0.05, 0.1) is 7.57 Å². The lowest BCUT2D eigenvalue weighted by molar-refractivity contribution is 0.734. The topological polar surface area (TPSA) is 0 Å². The predicted molar refractivity (Wildman–Crippen MR) is 80.7 cm³/mol. The van der Waals surface area contributed by atoms with Gasteiger partial charge in [-0.25, -0.2) is 0 Å². The van der Waals surface area contributed by atoms with E-state index >= 15 is 0 Å². The van der Waals surface area contributed by atoms with Crippen molar-refractivity contribution >= 4 is 54.5 Å². The zero-order valence-electron chi connectivity index (χ0n) is 8.71. The Balaban J connectivity index is 1.74. The van der Waals surface area contributed by atoms with Crippen LogP contribution in [-0.4, -0.2) is 0 Å². The first kappa shape index (κ1) is 12.8. The molecule has 16 heavy (non-hydrogen) atoms. The van der Waals surface area contributed by atoms with E-state index in [4.69, 9.17) is 0 Å². The molecule has 0 aliphatic heterocycles. The molecule has 0 aliphatic carbocycles. The molecule has 0 N–H and O–H groups in total. The third-order valence-electron chi connectivity index (χ3n) is 2.53. The molecule has 0 radical (unpaired) electrons. The number of rotatable bonds is 5. The molecule has 2 aromatic heterocycles. The van der Waals surface area contributed by atoms with E-state index in [1.807, 2.05) is 0 Å². The third kappa shape index (κ3) is 3.42. The third-order valence-corrected chi connectivity index (χ3v) is 6.15.